The van der Waals surface area contributed by atoms with E-state index < -0.39 is 5.97 Å². The predicted molar refractivity (Wildman–Crippen MR) is 115 cm³/mol. The van der Waals surface area contributed by atoms with Gasteiger partial charge in [0.25, 0.3) is 5.91 Å². The molecule has 0 atom stereocenters. The number of hydrazone groups is 1. The quantitative estimate of drug-likeness (QED) is 0.289. The highest BCUT2D eigenvalue weighted by molar-refractivity contribution is 5.95. The first-order valence-electron chi connectivity index (χ1n) is 9.33. The fourth-order valence-electron chi connectivity index (χ4n) is 2.63. The van der Waals surface area contributed by atoms with Crippen molar-refractivity contribution in [3.05, 3.63) is 94.5 Å². The number of hydrogen-bond acceptors (Lipinski definition) is 5. The van der Waals surface area contributed by atoms with E-state index in [0.717, 1.165) is 11.1 Å². The van der Waals surface area contributed by atoms with Gasteiger partial charge in [-0.2, -0.15) is 5.10 Å². The molecule has 1 amide bonds. The Balaban J connectivity index is 1.66. The Morgan fingerprint density at radius 3 is 2.03 bits per heavy atom. The van der Waals surface area contributed by atoms with E-state index in [1.165, 1.54) is 13.3 Å². The van der Waals surface area contributed by atoms with Crippen molar-refractivity contribution < 1.29 is 19.1 Å². The third kappa shape index (κ3) is 5.32. The number of rotatable bonds is 6. The smallest absolute Gasteiger partial charge is 0.343 e. The fourth-order valence-corrected chi connectivity index (χ4v) is 2.63. The number of nitrogens with one attached hydrogen (secondary N) is 1. The topological polar surface area (TPSA) is 77.0 Å². The molecule has 6 nitrogen and oxygen atoms in total. The molecule has 0 radical (unpaired) electrons. The zero-order valence-electron chi connectivity index (χ0n) is 17.0. The van der Waals surface area contributed by atoms with Crippen molar-refractivity contribution >= 4 is 18.1 Å². The summed E-state index contributed by atoms with van der Waals surface area (Å²) in [4.78, 5) is 24.4. The van der Waals surface area contributed by atoms with Gasteiger partial charge in [0, 0.05) is 5.56 Å². The second kappa shape index (κ2) is 9.52. The van der Waals surface area contributed by atoms with Crippen LogP contribution in [0.5, 0.6) is 11.5 Å². The van der Waals surface area contributed by atoms with Crippen LogP contribution in [0.2, 0.25) is 0 Å². The number of methoxy groups -OCH3 is 1. The summed E-state index contributed by atoms with van der Waals surface area (Å²) in [5, 5.41) is 3.97. The fraction of sp³-hybridized carbons (Fsp3) is 0.125. The first-order chi connectivity index (χ1) is 14.5. The van der Waals surface area contributed by atoms with Crippen molar-refractivity contribution in [1.82, 2.24) is 5.43 Å². The van der Waals surface area contributed by atoms with Crippen LogP contribution in [0.15, 0.2) is 71.8 Å². The average molecular weight is 402 g/mol. The molecule has 0 heterocycles. The normalized spacial score (nSPS) is 10.6. The molecule has 3 rings (SSSR count). The Bertz CT molecular complexity index is 1070. The molecule has 0 spiro atoms. The van der Waals surface area contributed by atoms with E-state index in [9.17, 15) is 9.59 Å². The van der Waals surface area contributed by atoms with E-state index in [4.69, 9.17) is 9.47 Å². The Hall–Kier alpha value is -3.93. The largest absolute Gasteiger partial charge is 0.493 e. The number of carbonyl (C=O) groups excluding carboxylic acids is 2. The van der Waals surface area contributed by atoms with Crippen molar-refractivity contribution in [1.29, 1.82) is 0 Å². The maximum atomic E-state index is 12.3. The van der Waals surface area contributed by atoms with Gasteiger partial charge in [0.15, 0.2) is 11.5 Å². The number of amides is 1. The lowest BCUT2D eigenvalue weighted by Crippen LogP contribution is -2.17. The van der Waals surface area contributed by atoms with E-state index >= 15 is 0 Å². The molecule has 0 aliphatic heterocycles. The maximum absolute atomic E-state index is 12.3. The van der Waals surface area contributed by atoms with E-state index in [2.05, 4.69) is 10.5 Å². The highest BCUT2D eigenvalue weighted by Crippen LogP contribution is 2.28. The van der Waals surface area contributed by atoms with Gasteiger partial charge >= 0.3 is 5.97 Å². The molecule has 152 valence electrons. The van der Waals surface area contributed by atoms with Crippen LogP contribution >= 0.6 is 0 Å². The minimum atomic E-state index is -0.472. The summed E-state index contributed by atoms with van der Waals surface area (Å²) in [5.74, 6) is -0.102. The first kappa shape index (κ1) is 20.8. The van der Waals surface area contributed by atoms with E-state index in [1.54, 1.807) is 42.5 Å². The molecule has 0 aromatic heterocycles. The van der Waals surface area contributed by atoms with Gasteiger partial charge in [-0.25, -0.2) is 10.2 Å². The SMILES string of the molecule is COc1cc(/C=N\NC(=O)c2ccc(C)cc2)ccc1OC(=O)c1ccc(C)cc1. The molecule has 6 heteroatoms. The molecule has 1 N–H and O–H groups in total. The summed E-state index contributed by atoms with van der Waals surface area (Å²) < 4.78 is 10.8. The number of ether oxygens (including phenoxy) is 2. The van der Waals surface area contributed by atoms with Crippen LogP contribution < -0.4 is 14.9 Å². The number of carbonyl (C=O) groups is 2. The second-order valence-corrected chi connectivity index (χ2v) is 6.73. The van der Waals surface area contributed by atoms with E-state index in [1.807, 2.05) is 38.1 Å². The van der Waals surface area contributed by atoms with Gasteiger partial charge in [-0.3, -0.25) is 4.79 Å². The van der Waals surface area contributed by atoms with Crippen LogP contribution in [0.25, 0.3) is 0 Å². The molecule has 3 aromatic carbocycles. The lowest BCUT2D eigenvalue weighted by molar-refractivity contribution is 0.0729. The number of aryl methyl sites for hydroxylation is 2. The van der Waals surface area contributed by atoms with Crippen LogP contribution in [0.4, 0.5) is 0 Å². The third-order valence-electron chi connectivity index (χ3n) is 4.37. The van der Waals surface area contributed by atoms with Crippen molar-refractivity contribution in [3.63, 3.8) is 0 Å². The van der Waals surface area contributed by atoms with Crippen molar-refractivity contribution in [2.45, 2.75) is 13.8 Å². The number of esters is 1. The molecular weight excluding hydrogens is 380 g/mol. The predicted octanol–water partition coefficient (Wildman–Crippen LogP) is 4.30. The molecule has 0 aliphatic rings. The molecule has 0 aliphatic carbocycles. The van der Waals surface area contributed by atoms with Gasteiger partial charge in [0.1, 0.15) is 0 Å². The lowest BCUT2D eigenvalue weighted by atomic mass is 10.1. The van der Waals surface area contributed by atoms with Crippen LogP contribution in [0.1, 0.15) is 37.4 Å². The summed E-state index contributed by atoms with van der Waals surface area (Å²) in [6.07, 6.45) is 1.49. The summed E-state index contributed by atoms with van der Waals surface area (Å²) in [5.41, 5.74) is 6.26. The first-order valence-corrected chi connectivity index (χ1v) is 9.33. The molecule has 0 unspecified atom stereocenters. The summed E-state index contributed by atoms with van der Waals surface area (Å²) in [6.45, 7) is 3.90. The highest BCUT2D eigenvalue weighted by Gasteiger charge is 2.12. The van der Waals surface area contributed by atoms with Crippen molar-refractivity contribution in [2.75, 3.05) is 7.11 Å². The van der Waals surface area contributed by atoms with E-state index in [0.29, 0.717) is 28.2 Å². The number of hydrogen-bond donors (Lipinski definition) is 1. The van der Waals surface area contributed by atoms with Crippen molar-refractivity contribution in [3.8, 4) is 11.5 Å². The Labute approximate surface area is 175 Å². The minimum absolute atomic E-state index is 0.295. The molecule has 0 fully saturated rings. The van der Waals surface area contributed by atoms with Gasteiger partial charge < -0.3 is 9.47 Å². The Morgan fingerprint density at radius 2 is 1.43 bits per heavy atom. The molecule has 30 heavy (non-hydrogen) atoms. The van der Waals surface area contributed by atoms with Gasteiger partial charge in [0.05, 0.1) is 18.9 Å². The van der Waals surface area contributed by atoms with Crippen molar-refractivity contribution in [2.24, 2.45) is 5.10 Å². The number of nitrogens with zero attached hydrogens (tertiary/aromatic N) is 1. The molecule has 0 bridgehead atoms. The zero-order chi connectivity index (χ0) is 21.5. The summed E-state index contributed by atoms with van der Waals surface area (Å²) >= 11 is 0. The van der Waals surface area contributed by atoms with Crippen LogP contribution in [0.3, 0.4) is 0 Å². The zero-order valence-corrected chi connectivity index (χ0v) is 17.0. The standard InChI is InChI=1S/C24H22N2O4/c1-16-4-9-19(10-5-16)23(27)26-25-15-18-8-13-21(22(14-18)29-3)30-24(28)20-11-6-17(2)7-12-20/h4-15H,1-3H3,(H,26,27)/b25-15-. The van der Waals surface area contributed by atoms with Crippen LogP contribution in [-0.4, -0.2) is 25.2 Å². The van der Waals surface area contributed by atoms with Gasteiger partial charge in [0.2, 0.25) is 0 Å². The lowest BCUT2D eigenvalue weighted by Gasteiger charge is -2.10. The maximum Gasteiger partial charge on any atom is 0.343 e. The molecule has 0 saturated heterocycles. The van der Waals surface area contributed by atoms with Crippen LogP contribution in [-0.2, 0) is 0 Å². The average Bonchev–Trinajstić information content (AvgIpc) is 2.75. The molecule has 0 saturated carbocycles. The minimum Gasteiger partial charge on any atom is -0.493 e. The van der Waals surface area contributed by atoms with Gasteiger partial charge in [-0.15, -0.1) is 0 Å². The monoisotopic (exact) mass is 402 g/mol. The van der Waals surface area contributed by atoms with E-state index in [-0.39, 0.29) is 5.91 Å². The highest BCUT2D eigenvalue weighted by atomic mass is 16.6. The number of benzene rings is 3. The molecule has 3 aromatic rings. The second-order valence-electron chi connectivity index (χ2n) is 6.73. The molecular formula is C24H22N2O4. The Kier molecular flexibility index (Phi) is 6.60. The van der Waals surface area contributed by atoms with Gasteiger partial charge in [-0.1, -0.05) is 35.4 Å². The Morgan fingerprint density at radius 1 is 0.833 bits per heavy atom. The summed E-state index contributed by atoms with van der Waals surface area (Å²) in [6, 6.07) is 19.3. The van der Waals surface area contributed by atoms with Gasteiger partial charge in [-0.05, 0) is 61.9 Å². The third-order valence-corrected chi connectivity index (χ3v) is 4.37. The van der Waals surface area contributed by atoms with Crippen LogP contribution in [0, 0.1) is 13.8 Å². The summed E-state index contributed by atoms with van der Waals surface area (Å²) in [7, 11) is 1.48.